The van der Waals surface area contributed by atoms with E-state index in [9.17, 15) is 8.90 Å². The van der Waals surface area contributed by atoms with Gasteiger partial charge in [-0.05, 0) is 6.92 Å². The zero-order valence-electron chi connectivity index (χ0n) is 5.02. The molecule has 0 aromatic rings. The van der Waals surface area contributed by atoms with Gasteiger partial charge < -0.3 is 4.89 Å². The van der Waals surface area contributed by atoms with E-state index < -0.39 is 16.1 Å². The van der Waals surface area contributed by atoms with Gasteiger partial charge in [0.25, 0.3) is 0 Å². The van der Waals surface area contributed by atoms with Crippen LogP contribution >= 0.6 is 0 Å². The molecule has 0 aliphatic heterocycles. The molecule has 0 saturated heterocycles. The minimum atomic E-state index is -2.14. The normalized spacial score (nSPS) is 10.0. The summed E-state index contributed by atoms with van der Waals surface area (Å²) in [4.78, 5) is 14.2. The van der Waals surface area contributed by atoms with Crippen molar-refractivity contribution in [2.45, 2.75) is 6.92 Å². The summed E-state index contributed by atoms with van der Waals surface area (Å²) in [6.07, 6.45) is 0. The zero-order chi connectivity index (χ0) is 7.28. The highest BCUT2D eigenvalue weighted by atomic mass is 28.3. The molecule has 5 heteroatoms. The maximum absolute atomic E-state index is 11.2. The predicted molar refractivity (Wildman–Crippen MR) is 31.6 cm³/mol. The molecule has 0 aliphatic rings. The van der Waals surface area contributed by atoms with E-state index in [2.05, 4.69) is 16.0 Å². The summed E-state index contributed by atoms with van der Waals surface area (Å²) in [7, 11) is -2.14. The minimum Gasteiger partial charge on any atom is -0.302 e. The fourth-order valence-corrected chi connectivity index (χ4v) is 0.299. The molecule has 52 valence electrons. The molecule has 0 aromatic carbocycles. The number of carbonyl (C=O) groups is 1. The van der Waals surface area contributed by atoms with E-state index >= 15 is 0 Å². The lowest BCUT2D eigenvalue weighted by Gasteiger charge is -1.96. The Labute approximate surface area is 54.5 Å². The molecule has 0 unspecified atom stereocenters. The Morgan fingerprint density at radius 3 is 2.67 bits per heavy atom. The van der Waals surface area contributed by atoms with Gasteiger partial charge in [-0.25, -0.2) is 9.37 Å². The lowest BCUT2D eigenvalue weighted by molar-refractivity contribution is -0.212. The standard InChI is InChI=1S/C4H7FO3Si/c1-3(2)4(6)7-8-9-5/h1,9H2,2H3. The van der Waals surface area contributed by atoms with Gasteiger partial charge >= 0.3 is 16.1 Å². The van der Waals surface area contributed by atoms with Crippen molar-refractivity contribution in [2.75, 3.05) is 0 Å². The monoisotopic (exact) mass is 150 g/mol. The van der Waals surface area contributed by atoms with Gasteiger partial charge in [0.05, 0.1) is 0 Å². The first-order valence-electron chi connectivity index (χ1n) is 2.23. The highest BCUT2D eigenvalue weighted by Gasteiger charge is 2.02. The number of halogens is 1. The van der Waals surface area contributed by atoms with Gasteiger partial charge in [0.15, 0.2) is 0 Å². The lowest BCUT2D eigenvalue weighted by Crippen LogP contribution is -2.06. The van der Waals surface area contributed by atoms with Gasteiger partial charge in [0, 0.05) is 5.57 Å². The molecule has 0 heterocycles. The van der Waals surface area contributed by atoms with Crippen LogP contribution in [-0.4, -0.2) is 16.1 Å². The molecule has 0 fully saturated rings. The van der Waals surface area contributed by atoms with Crippen LogP contribution in [0.4, 0.5) is 4.11 Å². The van der Waals surface area contributed by atoms with Crippen LogP contribution < -0.4 is 0 Å². The molecule has 0 atom stereocenters. The largest absolute Gasteiger partial charge is 0.405 e. The second-order valence-electron chi connectivity index (χ2n) is 1.38. The van der Waals surface area contributed by atoms with E-state index in [1.165, 1.54) is 6.92 Å². The van der Waals surface area contributed by atoms with E-state index in [0.29, 0.717) is 0 Å². The Hall–Kier alpha value is -0.683. The molecular weight excluding hydrogens is 143 g/mol. The molecule has 9 heavy (non-hydrogen) atoms. The average Bonchev–Trinajstić information content (AvgIpc) is 1.82. The summed E-state index contributed by atoms with van der Waals surface area (Å²) in [6.45, 7) is 4.70. The van der Waals surface area contributed by atoms with Crippen LogP contribution in [0, 0.1) is 0 Å². The van der Waals surface area contributed by atoms with E-state index in [0.717, 1.165) is 0 Å². The van der Waals surface area contributed by atoms with Crippen LogP contribution in [-0.2, 0) is 14.3 Å². The average molecular weight is 150 g/mol. The van der Waals surface area contributed by atoms with Gasteiger partial charge in [0.2, 0.25) is 0 Å². The number of hydrogen-bond acceptors (Lipinski definition) is 3. The molecule has 0 N–H and O–H groups in total. The van der Waals surface area contributed by atoms with Crippen molar-refractivity contribution in [2.24, 2.45) is 0 Å². The summed E-state index contributed by atoms with van der Waals surface area (Å²) >= 11 is 0. The maximum atomic E-state index is 11.2. The zero-order valence-corrected chi connectivity index (χ0v) is 6.43. The van der Waals surface area contributed by atoms with Crippen LogP contribution in [0.2, 0.25) is 0 Å². The Bertz CT molecular complexity index is 125. The summed E-state index contributed by atoms with van der Waals surface area (Å²) in [6, 6.07) is 0. The summed E-state index contributed by atoms with van der Waals surface area (Å²) in [5.74, 6) is -0.722. The number of rotatable bonds is 3. The van der Waals surface area contributed by atoms with Gasteiger partial charge in [-0.1, -0.05) is 6.58 Å². The van der Waals surface area contributed by atoms with E-state index in [-0.39, 0.29) is 5.57 Å². The molecule has 0 amide bonds. The third-order valence-corrected chi connectivity index (χ3v) is 0.735. The Kier molecular flexibility index (Phi) is 3.90. The van der Waals surface area contributed by atoms with Crippen LogP contribution in [0.25, 0.3) is 0 Å². The van der Waals surface area contributed by atoms with Crippen LogP contribution in [0.15, 0.2) is 12.2 Å². The highest BCUT2D eigenvalue weighted by molar-refractivity contribution is 6.16. The predicted octanol–water partition coefficient (Wildman–Crippen LogP) is 0.00560. The fraction of sp³-hybridized carbons (Fsp3) is 0.250. The van der Waals surface area contributed by atoms with Crippen LogP contribution in [0.5, 0.6) is 0 Å². The quantitative estimate of drug-likeness (QED) is 0.187. The SMILES string of the molecule is C=C(C)C(=O)OO[SiH2]F. The number of carbonyl (C=O) groups excluding carboxylic acids is 1. The van der Waals surface area contributed by atoms with Crippen molar-refractivity contribution >= 4 is 16.1 Å². The van der Waals surface area contributed by atoms with E-state index in [1.807, 2.05) is 0 Å². The Morgan fingerprint density at radius 2 is 2.33 bits per heavy atom. The molecule has 0 spiro atoms. The van der Waals surface area contributed by atoms with Gasteiger partial charge in [-0.3, -0.25) is 4.11 Å². The molecule has 0 aliphatic carbocycles. The Balaban J connectivity index is 3.39. The van der Waals surface area contributed by atoms with Crippen LogP contribution in [0.3, 0.4) is 0 Å². The summed E-state index contributed by atoms with van der Waals surface area (Å²) in [5, 5.41) is 0. The third kappa shape index (κ3) is 3.86. The second kappa shape index (κ2) is 4.22. The van der Waals surface area contributed by atoms with Crippen molar-refractivity contribution in [1.29, 1.82) is 0 Å². The lowest BCUT2D eigenvalue weighted by atomic mass is 10.4. The summed E-state index contributed by atoms with van der Waals surface area (Å²) in [5.41, 5.74) is 0.192. The number of hydrogen-bond donors (Lipinski definition) is 0. The first-order chi connectivity index (χ1) is 4.18. The highest BCUT2D eigenvalue weighted by Crippen LogP contribution is 1.91. The van der Waals surface area contributed by atoms with Crippen molar-refractivity contribution in [1.82, 2.24) is 0 Å². The maximum Gasteiger partial charge on any atom is 0.405 e. The first-order valence-corrected chi connectivity index (χ1v) is 3.35. The van der Waals surface area contributed by atoms with Crippen molar-refractivity contribution in [3.63, 3.8) is 0 Å². The topological polar surface area (TPSA) is 35.5 Å². The van der Waals surface area contributed by atoms with Crippen molar-refractivity contribution in [3.8, 4) is 0 Å². The molecular formula is C4H7FO3Si. The fourth-order valence-electron chi connectivity index (χ4n) is 0.147. The smallest absolute Gasteiger partial charge is 0.302 e. The van der Waals surface area contributed by atoms with Gasteiger partial charge in [-0.2, -0.15) is 0 Å². The third-order valence-electron chi connectivity index (χ3n) is 0.528. The van der Waals surface area contributed by atoms with Crippen molar-refractivity contribution < 1.29 is 18.4 Å². The molecule has 0 aromatic heterocycles. The Morgan fingerprint density at radius 1 is 1.78 bits per heavy atom. The molecule has 3 nitrogen and oxygen atoms in total. The summed E-state index contributed by atoms with van der Waals surface area (Å²) < 4.78 is 15.0. The minimum absolute atomic E-state index is 0.192. The first kappa shape index (κ1) is 8.32. The van der Waals surface area contributed by atoms with E-state index in [4.69, 9.17) is 0 Å². The second-order valence-corrected chi connectivity index (χ2v) is 1.83. The van der Waals surface area contributed by atoms with Gasteiger partial charge in [0.1, 0.15) is 0 Å². The molecule has 0 bridgehead atoms. The van der Waals surface area contributed by atoms with Crippen LogP contribution in [0.1, 0.15) is 6.92 Å². The molecule has 0 radical (unpaired) electrons. The molecule has 0 saturated carbocycles. The van der Waals surface area contributed by atoms with Crippen molar-refractivity contribution in [3.05, 3.63) is 12.2 Å². The molecule has 0 rings (SSSR count). The van der Waals surface area contributed by atoms with E-state index in [1.54, 1.807) is 0 Å². The van der Waals surface area contributed by atoms with Gasteiger partial charge in [-0.15, -0.1) is 0 Å².